The van der Waals surface area contributed by atoms with Crippen molar-refractivity contribution in [2.24, 2.45) is 0 Å². The summed E-state index contributed by atoms with van der Waals surface area (Å²) in [5.74, 6) is 0.145. The minimum Gasteiger partial charge on any atom is -0.320 e. The predicted octanol–water partition coefficient (Wildman–Crippen LogP) is 4.75. The third-order valence-corrected chi connectivity index (χ3v) is 4.25. The lowest BCUT2D eigenvalue weighted by Gasteiger charge is -2.11. The van der Waals surface area contributed by atoms with Crippen molar-refractivity contribution in [3.8, 4) is 5.82 Å². The molecule has 0 atom stereocenters. The molecule has 25 heavy (non-hydrogen) atoms. The number of aromatic nitrogens is 3. The second-order valence-electron chi connectivity index (χ2n) is 5.75. The molecule has 7 heteroatoms. The maximum absolute atomic E-state index is 12.6. The number of carbonyl (C=O) groups excluding carboxylic acids is 1. The van der Waals surface area contributed by atoms with E-state index in [2.05, 4.69) is 15.4 Å². The van der Waals surface area contributed by atoms with Crippen molar-refractivity contribution in [3.63, 3.8) is 0 Å². The largest absolute Gasteiger partial charge is 0.320 e. The monoisotopic (exact) mass is 374 g/mol. The fraction of sp³-hybridized carbons (Fsp3) is 0.167. The maximum Gasteiger partial charge on any atom is 0.275 e. The number of hydrogen-bond acceptors (Lipinski definition) is 3. The smallest absolute Gasteiger partial charge is 0.275 e. The van der Waals surface area contributed by atoms with Gasteiger partial charge in [0.2, 0.25) is 0 Å². The SMILES string of the molecule is Cc1cc(C)n(-c2ccc(Cl)c(C(=O)Nc3ccc(Cl)cc3C)n2)n1. The van der Waals surface area contributed by atoms with Gasteiger partial charge in [0.05, 0.1) is 10.7 Å². The van der Waals surface area contributed by atoms with Crippen LogP contribution in [0.1, 0.15) is 27.4 Å². The predicted molar refractivity (Wildman–Crippen MR) is 100.0 cm³/mol. The van der Waals surface area contributed by atoms with Crippen LogP contribution < -0.4 is 5.32 Å². The molecule has 3 aromatic rings. The summed E-state index contributed by atoms with van der Waals surface area (Å²) in [5, 5.41) is 8.08. The number of amides is 1. The number of nitrogens with one attached hydrogen (secondary N) is 1. The van der Waals surface area contributed by atoms with Gasteiger partial charge in [0.15, 0.2) is 5.82 Å². The Morgan fingerprint density at radius 2 is 1.84 bits per heavy atom. The summed E-state index contributed by atoms with van der Waals surface area (Å²) in [6, 6.07) is 10.5. The number of anilines is 1. The van der Waals surface area contributed by atoms with E-state index in [1.165, 1.54) is 0 Å². The van der Waals surface area contributed by atoms with E-state index in [4.69, 9.17) is 23.2 Å². The van der Waals surface area contributed by atoms with Crippen molar-refractivity contribution < 1.29 is 4.79 Å². The lowest BCUT2D eigenvalue weighted by atomic mass is 10.2. The van der Waals surface area contributed by atoms with Crippen LogP contribution in [0, 0.1) is 20.8 Å². The second-order valence-corrected chi connectivity index (χ2v) is 6.60. The fourth-order valence-corrected chi connectivity index (χ4v) is 2.94. The fourth-order valence-electron chi connectivity index (χ4n) is 2.52. The van der Waals surface area contributed by atoms with Crippen molar-refractivity contribution in [1.82, 2.24) is 14.8 Å². The molecule has 1 aromatic carbocycles. The summed E-state index contributed by atoms with van der Waals surface area (Å²) in [6.45, 7) is 5.69. The second kappa shape index (κ2) is 6.86. The number of pyridine rings is 1. The van der Waals surface area contributed by atoms with E-state index in [9.17, 15) is 4.79 Å². The Kier molecular flexibility index (Phi) is 4.79. The molecule has 0 aliphatic rings. The van der Waals surface area contributed by atoms with Gasteiger partial charge in [-0.2, -0.15) is 5.10 Å². The van der Waals surface area contributed by atoms with Crippen LogP contribution in [0.3, 0.4) is 0 Å². The van der Waals surface area contributed by atoms with E-state index in [-0.39, 0.29) is 16.6 Å². The van der Waals surface area contributed by atoms with Crippen LogP contribution in [-0.4, -0.2) is 20.7 Å². The molecule has 0 saturated heterocycles. The van der Waals surface area contributed by atoms with Gasteiger partial charge in [-0.05, 0) is 62.7 Å². The molecule has 3 rings (SSSR count). The first-order valence-electron chi connectivity index (χ1n) is 7.63. The summed E-state index contributed by atoms with van der Waals surface area (Å²) >= 11 is 12.1. The number of halogens is 2. The minimum absolute atomic E-state index is 0.140. The summed E-state index contributed by atoms with van der Waals surface area (Å²) in [5.41, 5.74) is 3.45. The molecule has 0 aliphatic carbocycles. The standard InChI is InChI=1S/C18H16Cl2N4O/c1-10-8-13(19)4-6-15(10)21-18(25)17-14(20)5-7-16(22-17)24-12(3)9-11(2)23-24/h4-9H,1-3H3,(H,21,25). The third-order valence-electron chi connectivity index (χ3n) is 3.71. The number of nitrogens with zero attached hydrogens (tertiary/aromatic N) is 3. The van der Waals surface area contributed by atoms with E-state index in [0.29, 0.717) is 16.5 Å². The van der Waals surface area contributed by atoms with Crippen LogP contribution in [0.15, 0.2) is 36.4 Å². The molecule has 1 N–H and O–H groups in total. The number of aryl methyl sites for hydroxylation is 3. The Hall–Kier alpha value is -2.37. The molecule has 128 valence electrons. The molecule has 0 aliphatic heterocycles. The third kappa shape index (κ3) is 3.67. The zero-order valence-electron chi connectivity index (χ0n) is 14.0. The molecule has 2 heterocycles. The van der Waals surface area contributed by atoms with Gasteiger partial charge in [0.25, 0.3) is 5.91 Å². The highest BCUT2D eigenvalue weighted by molar-refractivity contribution is 6.34. The van der Waals surface area contributed by atoms with Gasteiger partial charge in [-0.25, -0.2) is 9.67 Å². The van der Waals surface area contributed by atoms with Gasteiger partial charge in [0.1, 0.15) is 5.69 Å². The average Bonchev–Trinajstić information content (AvgIpc) is 2.89. The Bertz CT molecular complexity index is 966. The molecular formula is C18H16Cl2N4O. The van der Waals surface area contributed by atoms with Gasteiger partial charge in [-0.1, -0.05) is 23.2 Å². The Morgan fingerprint density at radius 3 is 2.48 bits per heavy atom. The molecule has 1 amide bonds. The first-order chi connectivity index (χ1) is 11.8. The van der Waals surface area contributed by atoms with Crippen LogP contribution in [-0.2, 0) is 0 Å². The maximum atomic E-state index is 12.6. The number of carbonyl (C=O) groups is 1. The molecule has 0 fully saturated rings. The molecule has 5 nitrogen and oxygen atoms in total. The molecule has 0 radical (unpaired) electrons. The van der Waals surface area contributed by atoms with Crippen molar-refractivity contribution in [3.05, 3.63) is 69.1 Å². The van der Waals surface area contributed by atoms with E-state index in [1.807, 2.05) is 26.8 Å². The zero-order chi connectivity index (χ0) is 18.1. The summed E-state index contributed by atoms with van der Waals surface area (Å²) < 4.78 is 1.68. The van der Waals surface area contributed by atoms with E-state index >= 15 is 0 Å². The van der Waals surface area contributed by atoms with Crippen LogP contribution >= 0.6 is 23.2 Å². The van der Waals surface area contributed by atoms with Crippen molar-refractivity contribution in [1.29, 1.82) is 0 Å². The van der Waals surface area contributed by atoms with Gasteiger partial charge in [-0.3, -0.25) is 4.79 Å². The topological polar surface area (TPSA) is 59.8 Å². The highest BCUT2D eigenvalue weighted by Crippen LogP contribution is 2.22. The lowest BCUT2D eigenvalue weighted by Crippen LogP contribution is -2.16. The van der Waals surface area contributed by atoms with Crippen LogP contribution in [0.5, 0.6) is 0 Å². The number of rotatable bonds is 3. The molecular weight excluding hydrogens is 359 g/mol. The molecule has 0 bridgehead atoms. The van der Waals surface area contributed by atoms with E-state index in [1.54, 1.807) is 35.0 Å². The Labute approximate surface area is 155 Å². The zero-order valence-corrected chi connectivity index (χ0v) is 15.5. The molecule has 0 unspecified atom stereocenters. The van der Waals surface area contributed by atoms with Crippen LogP contribution in [0.25, 0.3) is 5.82 Å². The van der Waals surface area contributed by atoms with Crippen LogP contribution in [0.2, 0.25) is 10.0 Å². The Morgan fingerprint density at radius 1 is 1.08 bits per heavy atom. The van der Waals surface area contributed by atoms with Gasteiger partial charge in [0, 0.05) is 16.4 Å². The van der Waals surface area contributed by atoms with Gasteiger partial charge >= 0.3 is 0 Å². The Balaban J connectivity index is 1.95. The van der Waals surface area contributed by atoms with Gasteiger partial charge < -0.3 is 5.32 Å². The lowest BCUT2D eigenvalue weighted by molar-refractivity contribution is 0.102. The first-order valence-corrected chi connectivity index (χ1v) is 8.38. The summed E-state index contributed by atoms with van der Waals surface area (Å²) in [6.07, 6.45) is 0. The van der Waals surface area contributed by atoms with E-state index < -0.39 is 0 Å². The van der Waals surface area contributed by atoms with Gasteiger partial charge in [-0.15, -0.1) is 0 Å². The highest BCUT2D eigenvalue weighted by Gasteiger charge is 2.16. The quantitative estimate of drug-likeness (QED) is 0.719. The minimum atomic E-state index is -0.390. The number of benzene rings is 1. The number of hydrogen-bond donors (Lipinski definition) is 1. The van der Waals surface area contributed by atoms with Crippen molar-refractivity contribution in [2.45, 2.75) is 20.8 Å². The average molecular weight is 375 g/mol. The normalized spacial score (nSPS) is 10.8. The molecule has 0 saturated carbocycles. The van der Waals surface area contributed by atoms with Crippen molar-refractivity contribution in [2.75, 3.05) is 5.32 Å². The van der Waals surface area contributed by atoms with Crippen LogP contribution in [0.4, 0.5) is 5.69 Å². The first kappa shape index (κ1) is 17.5. The van der Waals surface area contributed by atoms with Crippen molar-refractivity contribution >= 4 is 34.8 Å². The molecule has 0 spiro atoms. The summed E-state index contributed by atoms with van der Waals surface area (Å²) in [4.78, 5) is 17.0. The highest BCUT2D eigenvalue weighted by atomic mass is 35.5. The van der Waals surface area contributed by atoms with E-state index in [0.717, 1.165) is 17.0 Å². The summed E-state index contributed by atoms with van der Waals surface area (Å²) in [7, 11) is 0. The molecule has 2 aromatic heterocycles.